The second-order valence-electron chi connectivity index (χ2n) is 4.93. The summed E-state index contributed by atoms with van der Waals surface area (Å²) >= 11 is 0. The second kappa shape index (κ2) is 6.37. The number of carbonyl (C=O) groups is 2. The molecule has 0 aromatic carbocycles. The van der Waals surface area contributed by atoms with Crippen LogP contribution in [-0.2, 0) is 9.59 Å². The van der Waals surface area contributed by atoms with Crippen LogP contribution in [-0.4, -0.2) is 46.3 Å². The maximum absolute atomic E-state index is 13.1. The fourth-order valence-electron chi connectivity index (χ4n) is 1.72. The van der Waals surface area contributed by atoms with E-state index >= 15 is 0 Å². The van der Waals surface area contributed by atoms with E-state index in [1.807, 2.05) is 0 Å². The van der Waals surface area contributed by atoms with Crippen molar-refractivity contribution >= 4 is 11.9 Å². The molecule has 0 spiro atoms. The number of aliphatic carboxylic acids is 2. The van der Waals surface area contributed by atoms with E-state index in [4.69, 9.17) is 10.2 Å². The third-order valence-corrected chi connectivity index (χ3v) is 3.12. The van der Waals surface area contributed by atoms with Crippen LogP contribution in [0, 0.1) is 5.41 Å². The molecular weight excluding hydrogens is 386 g/mol. The smallest absolute Gasteiger partial charge is 0.453 e. The van der Waals surface area contributed by atoms with Crippen molar-refractivity contribution in [3.05, 3.63) is 12.2 Å². The minimum Gasteiger partial charge on any atom is -0.481 e. The van der Waals surface area contributed by atoms with Gasteiger partial charge in [-0.05, 0) is 0 Å². The molecule has 0 radical (unpaired) electrons. The van der Waals surface area contributed by atoms with Gasteiger partial charge < -0.3 is 10.2 Å². The number of hydrogen-bond donors (Lipinski definition) is 2. The summed E-state index contributed by atoms with van der Waals surface area (Å²) in [6.07, 6.45) is -19.5. The Balaban J connectivity index is 6.45. The standard InChI is InChI=1S/C11H8F10O4/c1-4(5(22)23)7(6(24)25,2-8(12,13)10(16,17)18)3-9(14,15)11(19,20)21/h1-3H2,(H,22,23)(H,24,25). The summed E-state index contributed by atoms with van der Waals surface area (Å²) in [4.78, 5) is 21.8. The number of carboxylic acid groups (broad SMARTS) is 2. The average Bonchev–Trinajstić information content (AvgIpc) is 2.32. The van der Waals surface area contributed by atoms with E-state index < -0.39 is 60.0 Å². The summed E-state index contributed by atoms with van der Waals surface area (Å²) in [6.45, 7) is 2.30. The van der Waals surface area contributed by atoms with Gasteiger partial charge in [-0.2, -0.15) is 43.9 Å². The SMILES string of the molecule is C=C(C(=O)O)C(CC(F)(F)C(F)(F)F)(CC(F)(F)C(F)(F)F)C(=O)O. The Morgan fingerprint density at radius 3 is 1.16 bits per heavy atom. The largest absolute Gasteiger partial charge is 0.481 e. The maximum atomic E-state index is 13.1. The molecule has 4 nitrogen and oxygen atoms in total. The van der Waals surface area contributed by atoms with Gasteiger partial charge in [-0.1, -0.05) is 6.58 Å². The number of hydrogen-bond acceptors (Lipinski definition) is 2. The van der Waals surface area contributed by atoms with Crippen LogP contribution in [0.25, 0.3) is 0 Å². The van der Waals surface area contributed by atoms with E-state index in [-0.39, 0.29) is 0 Å². The second-order valence-corrected chi connectivity index (χ2v) is 4.93. The maximum Gasteiger partial charge on any atom is 0.453 e. The van der Waals surface area contributed by atoms with Crippen molar-refractivity contribution in [3.63, 3.8) is 0 Å². The molecule has 0 heterocycles. The van der Waals surface area contributed by atoms with Crippen LogP contribution in [0.1, 0.15) is 12.8 Å². The third kappa shape index (κ3) is 4.54. The van der Waals surface area contributed by atoms with Gasteiger partial charge in [-0.3, -0.25) is 4.79 Å². The van der Waals surface area contributed by atoms with Crippen molar-refractivity contribution in [2.45, 2.75) is 37.0 Å². The molecule has 0 bridgehead atoms. The highest BCUT2D eigenvalue weighted by atomic mass is 19.4. The van der Waals surface area contributed by atoms with E-state index in [0.29, 0.717) is 0 Å². The minimum absolute atomic E-state index is 2.19. The Morgan fingerprint density at radius 1 is 0.720 bits per heavy atom. The van der Waals surface area contributed by atoms with Gasteiger partial charge in [0.1, 0.15) is 5.41 Å². The number of halogens is 10. The molecule has 146 valence electrons. The Morgan fingerprint density at radius 2 is 1.00 bits per heavy atom. The van der Waals surface area contributed by atoms with Gasteiger partial charge >= 0.3 is 36.1 Å². The van der Waals surface area contributed by atoms with Crippen molar-refractivity contribution in [3.8, 4) is 0 Å². The van der Waals surface area contributed by atoms with E-state index in [1.165, 1.54) is 0 Å². The van der Waals surface area contributed by atoms with E-state index in [1.54, 1.807) is 0 Å². The normalized spacial score (nSPS) is 14.3. The van der Waals surface area contributed by atoms with Crippen LogP contribution < -0.4 is 0 Å². The first kappa shape index (κ1) is 23.0. The molecule has 0 aliphatic carbocycles. The summed E-state index contributed by atoms with van der Waals surface area (Å²) in [6, 6.07) is 0. The van der Waals surface area contributed by atoms with Crippen LogP contribution in [0.4, 0.5) is 43.9 Å². The number of rotatable bonds is 7. The fourth-order valence-corrected chi connectivity index (χ4v) is 1.72. The van der Waals surface area contributed by atoms with Gasteiger partial charge in [0.25, 0.3) is 0 Å². The predicted molar refractivity (Wildman–Crippen MR) is 58.1 cm³/mol. The summed E-state index contributed by atoms with van der Waals surface area (Å²) in [5.41, 5.74) is -6.64. The molecule has 0 aromatic heterocycles. The molecule has 0 amide bonds. The van der Waals surface area contributed by atoms with Crippen molar-refractivity contribution < 1.29 is 63.7 Å². The van der Waals surface area contributed by atoms with Crippen molar-refractivity contribution in [1.29, 1.82) is 0 Å². The highest BCUT2D eigenvalue weighted by Gasteiger charge is 2.69. The molecule has 14 heteroatoms. The van der Waals surface area contributed by atoms with Crippen LogP contribution >= 0.6 is 0 Å². The van der Waals surface area contributed by atoms with Gasteiger partial charge in [0.2, 0.25) is 0 Å². The van der Waals surface area contributed by atoms with E-state index in [2.05, 4.69) is 6.58 Å². The van der Waals surface area contributed by atoms with Gasteiger partial charge in [0.05, 0.1) is 0 Å². The summed E-state index contributed by atoms with van der Waals surface area (Å²) in [5.74, 6) is -17.9. The van der Waals surface area contributed by atoms with E-state index in [0.717, 1.165) is 0 Å². The first-order chi connectivity index (χ1) is 10.7. The lowest BCUT2D eigenvalue weighted by molar-refractivity contribution is -0.307. The molecule has 25 heavy (non-hydrogen) atoms. The highest BCUT2D eigenvalue weighted by molar-refractivity contribution is 5.96. The first-order valence-electron chi connectivity index (χ1n) is 5.76. The van der Waals surface area contributed by atoms with Crippen molar-refractivity contribution in [2.24, 2.45) is 5.41 Å². The zero-order valence-corrected chi connectivity index (χ0v) is 11.6. The van der Waals surface area contributed by atoms with Crippen LogP contribution in [0.5, 0.6) is 0 Å². The van der Waals surface area contributed by atoms with Crippen LogP contribution in [0.2, 0.25) is 0 Å². The lowest BCUT2D eigenvalue weighted by Crippen LogP contribution is -2.51. The zero-order valence-electron chi connectivity index (χ0n) is 11.6. The monoisotopic (exact) mass is 394 g/mol. The molecular formula is C11H8F10O4. The Kier molecular flexibility index (Phi) is 5.85. The first-order valence-corrected chi connectivity index (χ1v) is 5.76. The Labute approximate surface area is 131 Å². The highest BCUT2D eigenvalue weighted by Crippen LogP contribution is 2.53. The fraction of sp³-hybridized carbons (Fsp3) is 0.636. The number of alkyl halides is 10. The summed E-state index contributed by atoms with van der Waals surface area (Å²) in [5, 5.41) is 17.3. The molecule has 0 saturated heterocycles. The van der Waals surface area contributed by atoms with Gasteiger partial charge in [0, 0.05) is 18.4 Å². The van der Waals surface area contributed by atoms with Gasteiger partial charge in [-0.15, -0.1) is 0 Å². The van der Waals surface area contributed by atoms with Crippen molar-refractivity contribution in [1.82, 2.24) is 0 Å². The molecule has 0 aromatic rings. The van der Waals surface area contributed by atoms with Crippen LogP contribution in [0.3, 0.4) is 0 Å². The molecule has 0 aliphatic rings. The molecule has 0 rings (SSSR count). The molecule has 0 fully saturated rings. The van der Waals surface area contributed by atoms with Crippen molar-refractivity contribution in [2.75, 3.05) is 0 Å². The minimum atomic E-state index is -6.54. The summed E-state index contributed by atoms with van der Waals surface area (Å²) < 4.78 is 126. The van der Waals surface area contributed by atoms with E-state index in [9.17, 15) is 53.5 Å². The lowest BCUT2D eigenvalue weighted by atomic mass is 9.71. The van der Waals surface area contributed by atoms with Crippen LogP contribution in [0.15, 0.2) is 12.2 Å². The van der Waals surface area contributed by atoms with Gasteiger partial charge in [-0.25, -0.2) is 4.79 Å². The Bertz CT molecular complexity index is 532. The Hall–Kier alpha value is -2.02. The average molecular weight is 394 g/mol. The molecule has 0 aliphatic heterocycles. The lowest BCUT2D eigenvalue weighted by Gasteiger charge is -2.36. The molecule has 0 atom stereocenters. The summed E-state index contributed by atoms with van der Waals surface area (Å²) in [7, 11) is 0. The number of carboxylic acids is 2. The third-order valence-electron chi connectivity index (χ3n) is 3.12. The molecule has 2 N–H and O–H groups in total. The molecule has 0 saturated carbocycles. The molecule has 0 unspecified atom stereocenters. The van der Waals surface area contributed by atoms with Gasteiger partial charge in [0.15, 0.2) is 0 Å². The quantitative estimate of drug-likeness (QED) is 0.508. The topological polar surface area (TPSA) is 74.6 Å². The predicted octanol–water partition coefficient (Wildman–Crippen LogP) is 3.87. The zero-order chi connectivity index (χ0) is 20.6.